The van der Waals surface area contributed by atoms with Crippen LogP contribution in [0.4, 0.5) is 0 Å². The molecule has 4 heteroatoms. The van der Waals surface area contributed by atoms with E-state index in [1.165, 1.54) is 0 Å². The van der Waals surface area contributed by atoms with Crippen LogP contribution in [0.3, 0.4) is 0 Å². The number of nitrogens with two attached hydrogens (primary N) is 1. The Labute approximate surface area is 98.5 Å². The Balaban J connectivity index is 3.77. The quantitative estimate of drug-likeness (QED) is 0.510. The highest BCUT2D eigenvalue weighted by atomic mass is 16.5. The molecule has 2 atom stereocenters. The van der Waals surface area contributed by atoms with E-state index in [0.29, 0.717) is 18.9 Å². The number of hydrogen-bond donors (Lipinski definition) is 1. The first-order chi connectivity index (χ1) is 7.47. The van der Waals surface area contributed by atoms with Crippen LogP contribution in [0.15, 0.2) is 0 Å². The average Bonchev–Trinajstić information content (AvgIpc) is 2.16. The molecule has 0 aliphatic heterocycles. The summed E-state index contributed by atoms with van der Waals surface area (Å²) in [6.45, 7) is 6.73. The van der Waals surface area contributed by atoms with Gasteiger partial charge in [0.2, 0.25) is 0 Å². The van der Waals surface area contributed by atoms with Gasteiger partial charge in [0.25, 0.3) is 0 Å². The van der Waals surface area contributed by atoms with Crippen molar-refractivity contribution in [1.82, 2.24) is 0 Å². The molecule has 0 aromatic rings. The molecule has 0 saturated carbocycles. The van der Waals surface area contributed by atoms with Crippen molar-refractivity contribution in [3.8, 4) is 0 Å². The number of hydrogen-bond acceptors (Lipinski definition) is 4. The van der Waals surface area contributed by atoms with Gasteiger partial charge in [-0.2, -0.15) is 0 Å². The molecule has 0 heterocycles. The Hall–Kier alpha value is -0.610. The predicted molar refractivity (Wildman–Crippen MR) is 64.1 cm³/mol. The molecular formula is C12H25NO3. The standard InChI is InChI=1S/C12H25NO3/c1-9(2)8-10(3)16-12(14)11(13)6-5-7-15-4/h9-11H,5-8,13H2,1-4H3. The molecular weight excluding hydrogens is 206 g/mol. The molecule has 0 amide bonds. The normalized spacial score (nSPS) is 14.9. The maximum Gasteiger partial charge on any atom is 0.323 e. The first-order valence-corrected chi connectivity index (χ1v) is 5.92. The molecule has 0 rings (SSSR count). The van der Waals surface area contributed by atoms with Gasteiger partial charge in [-0.3, -0.25) is 4.79 Å². The lowest BCUT2D eigenvalue weighted by Crippen LogP contribution is -2.34. The van der Waals surface area contributed by atoms with E-state index >= 15 is 0 Å². The van der Waals surface area contributed by atoms with Crippen LogP contribution < -0.4 is 5.73 Å². The summed E-state index contributed by atoms with van der Waals surface area (Å²) in [5, 5.41) is 0. The van der Waals surface area contributed by atoms with Crippen molar-refractivity contribution >= 4 is 5.97 Å². The fourth-order valence-corrected chi connectivity index (χ4v) is 1.56. The highest BCUT2D eigenvalue weighted by Crippen LogP contribution is 2.09. The van der Waals surface area contributed by atoms with Gasteiger partial charge in [-0.15, -0.1) is 0 Å². The minimum atomic E-state index is -0.523. The van der Waals surface area contributed by atoms with E-state index in [-0.39, 0.29) is 12.1 Å². The van der Waals surface area contributed by atoms with E-state index in [2.05, 4.69) is 13.8 Å². The lowest BCUT2D eigenvalue weighted by molar-refractivity contribution is -0.150. The third kappa shape index (κ3) is 7.65. The van der Waals surface area contributed by atoms with Crippen molar-refractivity contribution in [2.24, 2.45) is 11.7 Å². The number of ether oxygens (including phenoxy) is 2. The highest BCUT2D eigenvalue weighted by molar-refractivity contribution is 5.75. The number of methoxy groups -OCH3 is 1. The Bertz CT molecular complexity index is 195. The summed E-state index contributed by atoms with van der Waals surface area (Å²) in [4.78, 5) is 11.5. The van der Waals surface area contributed by atoms with Crippen molar-refractivity contribution < 1.29 is 14.3 Å². The summed E-state index contributed by atoms with van der Waals surface area (Å²) in [5.74, 6) is 0.219. The fraction of sp³-hybridized carbons (Fsp3) is 0.917. The first-order valence-electron chi connectivity index (χ1n) is 5.92. The summed E-state index contributed by atoms with van der Waals surface area (Å²) in [6.07, 6.45) is 2.21. The average molecular weight is 231 g/mol. The molecule has 2 N–H and O–H groups in total. The zero-order valence-electron chi connectivity index (χ0n) is 10.9. The van der Waals surface area contributed by atoms with E-state index in [1.54, 1.807) is 7.11 Å². The summed E-state index contributed by atoms with van der Waals surface area (Å²) < 4.78 is 10.1. The SMILES string of the molecule is COCCCC(N)C(=O)OC(C)CC(C)C. The van der Waals surface area contributed by atoms with E-state index in [0.717, 1.165) is 12.8 Å². The monoisotopic (exact) mass is 231 g/mol. The second-order valence-corrected chi connectivity index (χ2v) is 4.62. The topological polar surface area (TPSA) is 61.5 Å². The van der Waals surface area contributed by atoms with Crippen LogP contribution in [-0.2, 0) is 14.3 Å². The van der Waals surface area contributed by atoms with Crippen molar-refractivity contribution in [2.75, 3.05) is 13.7 Å². The largest absolute Gasteiger partial charge is 0.462 e. The summed E-state index contributed by atoms with van der Waals surface area (Å²) >= 11 is 0. The molecule has 0 aromatic heterocycles. The van der Waals surface area contributed by atoms with Crippen LogP contribution >= 0.6 is 0 Å². The molecule has 0 aliphatic rings. The van der Waals surface area contributed by atoms with Crippen LogP contribution in [0.25, 0.3) is 0 Å². The van der Waals surface area contributed by atoms with Crippen LogP contribution in [0.5, 0.6) is 0 Å². The molecule has 0 aliphatic carbocycles. The third-order valence-electron chi connectivity index (χ3n) is 2.29. The predicted octanol–water partition coefficient (Wildman–Crippen LogP) is 1.72. The molecule has 0 radical (unpaired) electrons. The number of carbonyl (C=O) groups excluding carboxylic acids is 1. The van der Waals surface area contributed by atoms with E-state index in [1.807, 2.05) is 6.92 Å². The fourth-order valence-electron chi connectivity index (χ4n) is 1.56. The Kier molecular flexibility index (Phi) is 8.21. The molecule has 0 aromatic carbocycles. The summed E-state index contributed by atoms with van der Waals surface area (Å²) in [6, 6.07) is -0.523. The van der Waals surface area contributed by atoms with Gasteiger partial charge in [-0.25, -0.2) is 0 Å². The Morgan fingerprint density at radius 2 is 1.94 bits per heavy atom. The van der Waals surface area contributed by atoms with Gasteiger partial charge in [0, 0.05) is 13.7 Å². The third-order valence-corrected chi connectivity index (χ3v) is 2.29. The van der Waals surface area contributed by atoms with Crippen molar-refractivity contribution in [1.29, 1.82) is 0 Å². The maximum atomic E-state index is 11.5. The van der Waals surface area contributed by atoms with Gasteiger partial charge < -0.3 is 15.2 Å². The molecule has 4 nitrogen and oxygen atoms in total. The van der Waals surface area contributed by atoms with Gasteiger partial charge in [-0.1, -0.05) is 13.8 Å². The Morgan fingerprint density at radius 1 is 1.31 bits per heavy atom. The van der Waals surface area contributed by atoms with Crippen molar-refractivity contribution in [2.45, 2.75) is 52.2 Å². The molecule has 0 fully saturated rings. The van der Waals surface area contributed by atoms with Crippen LogP contribution in [0.2, 0.25) is 0 Å². The number of carbonyl (C=O) groups is 1. The van der Waals surface area contributed by atoms with Gasteiger partial charge in [-0.05, 0) is 32.1 Å². The Morgan fingerprint density at radius 3 is 2.44 bits per heavy atom. The number of rotatable bonds is 8. The highest BCUT2D eigenvalue weighted by Gasteiger charge is 2.17. The zero-order valence-corrected chi connectivity index (χ0v) is 10.9. The zero-order chi connectivity index (χ0) is 12.6. The summed E-state index contributed by atoms with van der Waals surface area (Å²) in [7, 11) is 1.63. The molecule has 16 heavy (non-hydrogen) atoms. The second-order valence-electron chi connectivity index (χ2n) is 4.62. The van der Waals surface area contributed by atoms with Crippen LogP contribution in [0.1, 0.15) is 40.0 Å². The van der Waals surface area contributed by atoms with Gasteiger partial charge >= 0.3 is 5.97 Å². The van der Waals surface area contributed by atoms with Crippen LogP contribution in [-0.4, -0.2) is 31.8 Å². The molecule has 0 spiro atoms. The number of esters is 1. The molecule has 2 unspecified atom stereocenters. The van der Waals surface area contributed by atoms with E-state index in [4.69, 9.17) is 15.2 Å². The van der Waals surface area contributed by atoms with Crippen LogP contribution in [0, 0.1) is 5.92 Å². The van der Waals surface area contributed by atoms with Gasteiger partial charge in [0.1, 0.15) is 6.04 Å². The van der Waals surface area contributed by atoms with E-state index in [9.17, 15) is 4.79 Å². The molecule has 96 valence electrons. The minimum absolute atomic E-state index is 0.0547. The maximum absolute atomic E-state index is 11.5. The molecule has 0 saturated heterocycles. The van der Waals surface area contributed by atoms with Gasteiger partial charge in [0.05, 0.1) is 6.10 Å². The first kappa shape index (κ1) is 15.4. The summed E-state index contributed by atoms with van der Waals surface area (Å²) in [5.41, 5.74) is 5.71. The lowest BCUT2D eigenvalue weighted by atomic mass is 10.1. The van der Waals surface area contributed by atoms with Gasteiger partial charge in [0.15, 0.2) is 0 Å². The second kappa shape index (κ2) is 8.53. The minimum Gasteiger partial charge on any atom is -0.462 e. The smallest absolute Gasteiger partial charge is 0.323 e. The van der Waals surface area contributed by atoms with Crippen molar-refractivity contribution in [3.05, 3.63) is 0 Å². The lowest BCUT2D eigenvalue weighted by Gasteiger charge is -2.18. The van der Waals surface area contributed by atoms with Crippen molar-refractivity contribution in [3.63, 3.8) is 0 Å². The molecule has 0 bridgehead atoms. The van der Waals surface area contributed by atoms with E-state index < -0.39 is 6.04 Å².